The van der Waals surface area contributed by atoms with E-state index in [1.807, 2.05) is 4.90 Å². The summed E-state index contributed by atoms with van der Waals surface area (Å²) in [6.45, 7) is 8.70. The highest BCUT2D eigenvalue weighted by Gasteiger charge is 2.47. The fraction of sp³-hybridized carbons (Fsp3) is 0.647. The lowest BCUT2D eigenvalue weighted by Gasteiger charge is -2.50. The van der Waals surface area contributed by atoms with E-state index in [1.54, 1.807) is 19.1 Å². The first-order chi connectivity index (χ1) is 11.1. The van der Waals surface area contributed by atoms with Crippen LogP contribution in [-0.4, -0.2) is 55.0 Å². The Hall–Kier alpha value is -1.66. The number of amides is 1. The molecule has 6 heteroatoms. The van der Waals surface area contributed by atoms with Crippen LogP contribution in [0.2, 0.25) is 0 Å². The Morgan fingerprint density at radius 1 is 1.65 bits per heavy atom. The van der Waals surface area contributed by atoms with Gasteiger partial charge in [-0.1, -0.05) is 11.2 Å². The highest BCUT2D eigenvalue weighted by Crippen LogP contribution is 2.40. The van der Waals surface area contributed by atoms with Crippen LogP contribution in [0.4, 0.5) is 0 Å². The van der Waals surface area contributed by atoms with Crippen molar-refractivity contribution in [3.63, 3.8) is 0 Å². The quantitative estimate of drug-likeness (QED) is 0.615. The predicted octanol–water partition coefficient (Wildman–Crippen LogP) is 2.20. The van der Waals surface area contributed by atoms with Crippen molar-refractivity contribution in [1.82, 2.24) is 10.1 Å². The number of ether oxygens (including phenoxy) is 2. The highest BCUT2D eigenvalue weighted by molar-refractivity contribution is 5.92. The van der Waals surface area contributed by atoms with Gasteiger partial charge < -0.3 is 18.9 Å². The van der Waals surface area contributed by atoms with E-state index < -0.39 is 0 Å². The molecule has 0 bridgehead atoms. The van der Waals surface area contributed by atoms with Crippen molar-refractivity contribution < 1.29 is 18.8 Å². The van der Waals surface area contributed by atoms with Crippen molar-refractivity contribution in [2.75, 3.05) is 32.9 Å². The number of nitrogens with zero attached hydrogens (tertiary/aromatic N) is 2. The summed E-state index contributed by atoms with van der Waals surface area (Å²) in [5.41, 5.74) is 0.244. The molecule has 6 nitrogen and oxygen atoms in total. The summed E-state index contributed by atoms with van der Waals surface area (Å²) in [4.78, 5) is 14.5. The van der Waals surface area contributed by atoms with Gasteiger partial charge in [-0.3, -0.25) is 4.79 Å². The van der Waals surface area contributed by atoms with Gasteiger partial charge in [0.2, 0.25) is 0 Å². The fourth-order valence-corrected chi connectivity index (χ4v) is 3.65. The second-order valence-electron chi connectivity index (χ2n) is 6.47. The highest BCUT2D eigenvalue weighted by atomic mass is 16.5. The molecule has 2 atom stereocenters. The molecule has 0 aromatic carbocycles. The van der Waals surface area contributed by atoms with Crippen molar-refractivity contribution in [2.45, 2.75) is 32.3 Å². The van der Waals surface area contributed by atoms with Crippen LogP contribution in [0.3, 0.4) is 0 Å². The van der Waals surface area contributed by atoms with Gasteiger partial charge in [-0.05, 0) is 26.2 Å². The van der Waals surface area contributed by atoms with Crippen LogP contribution in [0, 0.1) is 12.3 Å². The van der Waals surface area contributed by atoms with Gasteiger partial charge >= 0.3 is 0 Å². The molecule has 2 fully saturated rings. The maximum atomic E-state index is 12.7. The number of aryl methyl sites for hydroxylation is 1. The first kappa shape index (κ1) is 16.2. The molecule has 2 saturated heterocycles. The standard InChI is InChI=1S/C17H24N2O4/c1-3-8-21-12-17-6-4-9-22-15(17)5-7-19(11-17)16(20)14-10-13(2)23-18-14/h3,10,15H,1,4-9,11-12H2,2H3/t15-,17-/m1/s1. The SMILES string of the molecule is C=CCOC[C@]12CCCO[C@@H]1CCN(C(=O)c1cc(C)on1)C2. The summed E-state index contributed by atoms with van der Waals surface area (Å²) in [5.74, 6) is 0.572. The van der Waals surface area contributed by atoms with Gasteiger partial charge in [0.15, 0.2) is 5.69 Å². The number of aromatic nitrogens is 1. The Morgan fingerprint density at radius 3 is 3.26 bits per heavy atom. The van der Waals surface area contributed by atoms with Crippen LogP contribution in [0.25, 0.3) is 0 Å². The molecule has 0 saturated carbocycles. The molecular formula is C17H24N2O4. The average molecular weight is 320 g/mol. The van der Waals surface area contributed by atoms with Crippen molar-refractivity contribution in [1.29, 1.82) is 0 Å². The smallest absolute Gasteiger partial charge is 0.276 e. The lowest BCUT2D eigenvalue weighted by molar-refractivity contribution is -0.144. The Balaban J connectivity index is 1.74. The van der Waals surface area contributed by atoms with Gasteiger partial charge in [0, 0.05) is 31.2 Å². The van der Waals surface area contributed by atoms with Gasteiger partial charge in [-0.15, -0.1) is 6.58 Å². The van der Waals surface area contributed by atoms with Crippen molar-refractivity contribution in [2.24, 2.45) is 5.41 Å². The Morgan fingerprint density at radius 2 is 2.52 bits per heavy atom. The minimum Gasteiger partial charge on any atom is -0.377 e. The first-order valence-corrected chi connectivity index (χ1v) is 8.17. The van der Waals surface area contributed by atoms with Crippen molar-refractivity contribution in [3.05, 3.63) is 30.2 Å². The number of likely N-dealkylation sites (tertiary alicyclic amines) is 1. The summed E-state index contributed by atoms with van der Waals surface area (Å²) >= 11 is 0. The lowest BCUT2D eigenvalue weighted by atomic mass is 9.73. The third kappa shape index (κ3) is 3.33. The van der Waals surface area contributed by atoms with Gasteiger partial charge in [0.25, 0.3) is 5.91 Å². The number of piperidine rings is 1. The van der Waals surface area contributed by atoms with E-state index in [0.717, 1.165) is 25.9 Å². The zero-order valence-electron chi connectivity index (χ0n) is 13.6. The summed E-state index contributed by atoms with van der Waals surface area (Å²) < 4.78 is 16.8. The molecule has 3 heterocycles. The monoisotopic (exact) mass is 320 g/mol. The van der Waals surface area contributed by atoms with Gasteiger partial charge in [-0.2, -0.15) is 0 Å². The third-order valence-electron chi connectivity index (χ3n) is 4.75. The second-order valence-corrected chi connectivity index (χ2v) is 6.47. The van der Waals surface area contributed by atoms with Crippen molar-refractivity contribution >= 4 is 5.91 Å². The fourth-order valence-electron chi connectivity index (χ4n) is 3.65. The Bertz CT molecular complexity index is 571. The molecule has 0 radical (unpaired) electrons. The van der Waals surface area contributed by atoms with E-state index in [2.05, 4.69) is 11.7 Å². The predicted molar refractivity (Wildman–Crippen MR) is 84.2 cm³/mol. The molecule has 3 rings (SSSR count). The van der Waals surface area contributed by atoms with Crippen LogP contribution in [0.1, 0.15) is 35.5 Å². The molecule has 2 aliphatic heterocycles. The molecule has 126 valence electrons. The minimum atomic E-state index is -0.131. The molecule has 0 aliphatic carbocycles. The molecule has 1 aromatic rings. The number of hydrogen-bond acceptors (Lipinski definition) is 5. The number of carbonyl (C=O) groups is 1. The van der Waals surface area contributed by atoms with E-state index in [1.165, 1.54) is 0 Å². The van der Waals surface area contributed by atoms with Gasteiger partial charge in [0.1, 0.15) is 5.76 Å². The van der Waals surface area contributed by atoms with Crippen LogP contribution >= 0.6 is 0 Å². The molecule has 0 N–H and O–H groups in total. The normalized spacial score (nSPS) is 27.5. The number of hydrogen-bond donors (Lipinski definition) is 0. The van der Waals surface area contributed by atoms with E-state index in [9.17, 15) is 4.79 Å². The van der Waals surface area contributed by atoms with Crippen LogP contribution < -0.4 is 0 Å². The van der Waals surface area contributed by atoms with Crippen LogP contribution in [0.5, 0.6) is 0 Å². The Kier molecular flexibility index (Phi) is 4.82. The minimum absolute atomic E-state index is 0.0750. The van der Waals surface area contributed by atoms with Crippen LogP contribution in [0.15, 0.2) is 23.2 Å². The molecule has 23 heavy (non-hydrogen) atoms. The molecule has 1 aromatic heterocycles. The summed E-state index contributed by atoms with van der Waals surface area (Å²) in [5, 5.41) is 3.85. The zero-order chi connectivity index (χ0) is 16.3. The molecular weight excluding hydrogens is 296 g/mol. The molecule has 0 unspecified atom stereocenters. The second kappa shape index (κ2) is 6.84. The average Bonchev–Trinajstić information content (AvgIpc) is 3.00. The van der Waals surface area contributed by atoms with E-state index in [0.29, 0.717) is 37.8 Å². The molecule has 1 amide bonds. The maximum absolute atomic E-state index is 12.7. The summed E-state index contributed by atoms with van der Waals surface area (Å²) in [6.07, 6.45) is 4.75. The largest absolute Gasteiger partial charge is 0.377 e. The van der Waals surface area contributed by atoms with E-state index in [-0.39, 0.29) is 17.4 Å². The van der Waals surface area contributed by atoms with Crippen molar-refractivity contribution in [3.8, 4) is 0 Å². The lowest BCUT2D eigenvalue weighted by Crippen LogP contribution is -2.58. The topological polar surface area (TPSA) is 64.8 Å². The van der Waals surface area contributed by atoms with Gasteiger partial charge in [-0.25, -0.2) is 0 Å². The number of carbonyl (C=O) groups excluding carboxylic acids is 1. The summed E-state index contributed by atoms with van der Waals surface area (Å²) in [7, 11) is 0. The third-order valence-corrected chi connectivity index (χ3v) is 4.75. The zero-order valence-corrected chi connectivity index (χ0v) is 13.6. The van der Waals surface area contributed by atoms with Gasteiger partial charge in [0.05, 0.1) is 19.3 Å². The van der Waals surface area contributed by atoms with Crippen LogP contribution in [-0.2, 0) is 9.47 Å². The molecule has 0 spiro atoms. The first-order valence-electron chi connectivity index (χ1n) is 8.17. The number of fused-ring (bicyclic) bond motifs is 1. The number of rotatable bonds is 5. The van der Waals surface area contributed by atoms with E-state index >= 15 is 0 Å². The molecule has 2 aliphatic rings. The summed E-state index contributed by atoms with van der Waals surface area (Å²) in [6, 6.07) is 1.69. The maximum Gasteiger partial charge on any atom is 0.276 e. The van der Waals surface area contributed by atoms with E-state index in [4.69, 9.17) is 14.0 Å². The Labute approximate surface area is 136 Å².